The predicted molar refractivity (Wildman–Crippen MR) is 106 cm³/mol. The van der Waals surface area contributed by atoms with Crippen LogP contribution >= 0.6 is 11.6 Å². The third-order valence-corrected chi connectivity index (χ3v) is 4.44. The van der Waals surface area contributed by atoms with Crippen LogP contribution < -0.4 is 10.1 Å². The summed E-state index contributed by atoms with van der Waals surface area (Å²) in [4.78, 5) is 15.8. The van der Waals surface area contributed by atoms with Crippen molar-refractivity contribution in [3.05, 3.63) is 47.0 Å². The number of nitrogens with zero attached hydrogens (tertiary/aromatic N) is 2. The van der Waals surface area contributed by atoms with E-state index in [9.17, 15) is 9.90 Å². The van der Waals surface area contributed by atoms with Gasteiger partial charge in [-0.15, -0.1) is 0 Å². The van der Waals surface area contributed by atoms with Gasteiger partial charge in [0.15, 0.2) is 0 Å². The molecule has 0 fully saturated rings. The van der Waals surface area contributed by atoms with E-state index in [-0.39, 0.29) is 18.5 Å². The maximum Gasteiger partial charge on any atom is 0.328 e. The fourth-order valence-electron chi connectivity index (χ4n) is 2.93. The van der Waals surface area contributed by atoms with Gasteiger partial charge in [-0.3, -0.25) is 10.1 Å². The summed E-state index contributed by atoms with van der Waals surface area (Å²) in [5, 5.41) is 16.7. The number of halogens is 1. The van der Waals surface area contributed by atoms with Crippen molar-refractivity contribution in [3.8, 4) is 28.3 Å². The van der Waals surface area contributed by atoms with Crippen molar-refractivity contribution in [1.82, 2.24) is 10.1 Å². The molecule has 1 heterocycles. The van der Waals surface area contributed by atoms with E-state index in [1.807, 2.05) is 18.2 Å². The van der Waals surface area contributed by atoms with E-state index in [2.05, 4.69) is 15.5 Å². The molecule has 28 heavy (non-hydrogen) atoms. The molecule has 0 unspecified atom stereocenters. The van der Waals surface area contributed by atoms with E-state index < -0.39 is 0 Å². The molecule has 2 N–H and O–H groups in total. The summed E-state index contributed by atoms with van der Waals surface area (Å²) in [6, 6.07) is 11.0. The number of aliphatic hydroxyl groups excluding tert-OH is 1. The van der Waals surface area contributed by atoms with Crippen LogP contribution in [0.2, 0.25) is 5.02 Å². The quantitative estimate of drug-likeness (QED) is 0.622. The number of ether oxygens (including phenoxy) is 1. The number of anilines is 1. The highest BCUT2D eigenvalue weighted by Crippen LogP contribution is 2.39. The number of benzene rings is 2. The number of nitrogens with one attached hydrogen (secondary N) is 1. The Morgan fingerprint density at radius 2 is 2.14 bits per heavy atom. The molecule has 7 nitrogen and oxygen atoms in total. The molecule has 0 bridgehead atoms. The molecule has 8 heteroatoms. The van der Waals surface area contributed by atoms with Crippen LogP contribution in [0.1, 0.15) is 18.9 Å². The Balaban J connectivity index is 2.14. The lowest BCUT2D eigenvalue weighted by molar-refractivity contribution is -0.116. The van der Waals surface area contributed by atoms with Crippen LogP contribution in [0.15, 0.2) is 40.9 Å². The van der Waals surface area contributed by atoms with Gasteiger partial charge in [-0.25, -0.2) is 0 Å². The number of carbonyl (C=O) groups is 1. The summed E-state index contributed by atoms with van der Waals surface area (Å²) in [6.45, 7) is 1.65. The largest absolute Gasteiger partial charge is 0.496 e. The first-order valence-electron chi connectivity index (χ1n) is 8.78. The van der Waals surface area contributed by atoms with Crippen LogP contribution in [0, 0.1) is 0 Å². The Kier molecular flexibility index (Phi) is 6.28. The lowest BCUT2D eigenvalue weighted by atomic mass is 9.92. The number of rotatable bonds is 7. The van der Waals surface area contributed by atoms with E-state index in [0.29, 0.717) is 35.0 Å². The van der Waals surface area contributed by atoms with E-state index in [1.165, 1.54) is 0 Å². The summed E-state index contributed by atoms with van der Waals surface area (Å²) < 4.78 is 10.7. The van der Waals surface area contributed by atoms with Gasteiger partial charge in [-0.05, 0) is 41.8 Å². The minimum Gasteiger partial charge on any atom is -0.496 e. The third-order valence-electron chi connectivity index (χ3n) is 4.20. The second-order valence-corrected chi connectivity index (χ2v) is 6.41. The van der Waals surface area contributed by atoms with Gasteiger partial charge in [0, 0.05) is 29.2 Å². The maximum absolute atomic E-state index is 11.5. The van der Waals surface area contributed by atoms with Crippen LogP contribution in [0.5, 0.6) is 5.75 Å². The molecule has 3 aromatic rings. The highest BCUT2D eigenvalue weighted by molar-refractivity contribution is 6.30. The predicted octanol–water partition coefficient (Wildman–Crippen LogP) is 3.95. The van der Waals surface area contributed by atoms with Crippen LogP contribution in [0.4, 0.5) is 6.01 Å². The maximum atomic E-state index is 11.5. The van der Waals surface area contributed by atoms with Crippen molar-refractivity contribution < 1.29 is 19.2 Å². The van der Waals surface area contributed by atoms with Crippen molar-refractivity contribution in [2.75, 3.05) is 19.0 Å². The monoisotopic (exact) mass is 401 g/mol. The average Bonchev–Trinajstić information content (AvgIpc) is 3.15. The summed E-state index contributed by atoms with van der Waals surface area (Å²) in [5.74, 6) is 0.721. The van der Waals surface area contributed by atoms with Crippen molar-refractivity contribution in [2.24, 2.45) is 0 Å². The lowest BCUT2D eigenvalue weighted by Gasteiger charge is -2.17. The van der Waals surface area contributed by atoms with Gasteiger partial charge in [0.05, 0.1) is 7.11 Å². The average molecular weight is 402 g/mol. The topological polar surface area (TPSA) is 97.5 Å². The number of aromatic nitrogens is 2. The molecule has 2 aromatic carbocycles. The molecule has 0 atom stereocenters. The summed E-state index contributed by atoms with van der Waals surface area (Å²) in [6.07, 6.45) is 0.647. The first-order valence-corrected chi connectivity index (χ1v) is 9.15. The Morgan fingerprint density at radius 3 is 2.82 bits per heavy atom. The Morgan fingerprint density at radius 1 is 1.32 bits per heavy atom. The lowest BCUT2D eigenvalue weighted by Crippen LogP contribution is -2.09. The fourth-order valence-corrected chi connectivity index (χ4v) is 3.12. The molecule has 0 aliphatic carbocycles. The van der Waals surface area contributed by atoms with Crippen molar-refractivity contribution in [2.45, 2.75) is 19.8 Å². The second kappa shape index (κ2) is 8.86. The van der Waals surface area contributed by atoms with Crippen LogP contribution in [0.3, 0.4) is 0 Å². The van der Waals surface area contributed by atoms with Gasteiger partial charge in [-0.1, -0.05) is 35.8 Å². The molecule has 0 aliphatic heterocycles. The third kappa shape index (κ3) is 4.16. The van der Waals surface area contributed by atoms with Crippen molar-refractivity contribution in [3.63, 3.8) is 0 Å². The molecule has 0 radical (unpaired) electrons. The van der Waals surface area contributed by atoms with Crippen molar-refractivity contribution >= 4 is 23.5 Å². The zero-order valence-corrected chi connectivity index (χ0v) is 16.3. The number of carbonyl (C=O) groups excluding carboxylic acids is 1. The van der Waals surface area contributed by atoms with E-state index in [4.69, 9.17) is 20.9 Å². The SMILES string of the molecule is CCC(=O)Nc1nc(-c2ccc(OC)c(-c3cccc(Cl)c3)c2CCO)no1. The van der Waals surface area contributed by atoms with Gasteiger partial charge in [0.1, 0.15) is 5.75 Å². The number of hydrogen-bond acceptors (Lipinski definition) is 6. The summed E-state index contributed by atoms with van der Waals surface area (Å²) in [7, 11) is 1.58. The summed E-state index contributed by atoms with van der Waals surface area (Å²) in [5.41, 5.74) is 3.10. The Hall–Kier alpha value is -2.90. The van der Waals surface area contributed by atoms with Crippen LogP contribution in [0.25, 0.3) is 22.5 Å². The molecule has 0 saturated heterocycles. The fraction of sp³-hybridized carbons (Fsp3) is 0.250. The molecule has 0 aliphatic rings. The second-order valence-electron chi connectivity index (χ2n) is 5.98. The molecule has 3 rings (SSSR count). The van der Waals surface area contributed by atoms with E-state index >= 15 is 0 Å². The molecule has 146 valence electrons. The van der Waals surface area contributed by atoms with E-state index in [0.717, 1.165) is 16.7 Å². The standard InChI is InChI=1S/C20H20ClN3O4/c1-3-17(26)22-20-23-19(24-28-20)15-7-8-16(27-2)18(14(15)9-10-25)12-5-4-6-13(21)11-12/h4-8,11,25H,3,9-10H2,1-2H3,(H,22,23,24,26). The van der Waals surface area contributed by atoms with Gasteiger partial charge >= 0.3 is 6.01 Å². The molecule has 1 amide bonds. The normalized spacial score (nSPS) is 10.7. The molecule has 0 spiro atoms. The van der Waals surface area contributed by atoms with Gasteiger partial charge in [0.2, 0.25) is 11.7 Å². The summed E-state index contributed by atoms with van der Waals surface area (Å²) >= 11 is 6.17. The number of methoxy groups -OCH3 is 1. The zero-order chi connectivity index (χ0) is 20.1. The Labute approximate surface area is 167 Å². The first kappa shape index (κ1) is 19.9. The van der Waals surface area contributed by atoms with Gasteiger partial charge in [0.25, 0.3) is 0 Å². The molecular weight excluding hydrogens is 382 g/mol. The highest BCUT2D eigenvalue weighted by atomic mass is 35.5. The number of hydrogen-bond donors (Lipinski definition) is 2. The van der Waals surface area contributed by atoms with E-state index in [1.54, 1.807) is 32.2 Å². The minimum absolute atomic E-state index is 0.0249. The van der Waals surface area contributed by atoms with Crippen molar-refractivity contribution in [1.29, 1.82) is 0 Å². The van der Waals surface area contributed by atoms with Gasteiger partial charge in [-0.2, -0.15) is 4.98 Å². The highest BCUT2D eigenvalue weighted by Gasteiger charge is 2.20. The number of aliphatic hydroxyl groups is 1. The zero-order valence-electron chi connectivity index (χ0n) is 15.5. The van der Waals surface area contributed by atoms with Crippen LogP contribution in [-0.2, 0) is 11.2 Å². The Bertz CT molecular complexity index is 987. The van der Waals surface area contributed by atoms with Gasteiger partial charge < -0.3 is 14.4 Å². The minimum atomic E-state index is -0.222. The molecule has 1 aromatic heterocycles. The smallest absolute Gasteiger partial charge is 0.328 e. The van der Waals surface area contributed by atoms with Crippen LogP contribution in [-0.4, -0.2) is 34.9 Å². The molecular formula is C20H20ClN3O4. The number of amides is 1. The molecule has 0 saturated carbocycles. The first-order chi connectivity index (χ1) is 13.6.